The van der Waals surface area contributed by atoms with Crippen LogP contribution < -0.4 is 11.1 Å². The van der Waals surface area contributed by atoms with Gasteiger partial charge in [0.05, 0.1) is 0 Å². The Morgan fingerprint density at radius 3 is 3.06 bits per heavy atom. The van der Waals surface area contributed by atoms with E-state index in [1.165, 1.54) is 0 Å². The molecular weight excluding hydrogens is 208 g/mol. The molecule has 0 aliphatic rings. The molecule has 7 nitrogen and oxygen atoms in total. The predicted octanol–water partition coefficient (Wildman–Crippen LogP) is -0.288. The molecule has 0 aliphatic heterocycles. The normalized spacial score (nSPS) is 10.0. The molecule has 0 saturated heterocycles. The Morgan fingerprint density at radius 2 is 2.44 bits per heavy atom. The minimum Gasteiger partial charge on any atom is -0.366 e. The maximum atomic E-state index is 11.5. The fourth-order valence-electron chi connectivity index (χ4n) is 1.15. The maximum Gasteiger partial charge on any atom is 0.288 e. The number of nitrogens with one attached hydrogen (secondary N) is 2. The second-order valence-electron chi connectivity index (χ2n) is 3.09. The molecule has 0 spiro atoms. The van der Waals surface area contributed by atoms with Gasteiger partial charge < -0.3 is 11.1 Å². The first-order valence-corrected chi connectivity index (χ1v) is 4.60. The Hall–Kier alpha value is -2.44. The zero-order valence-corrected chi connectivity index (χ0v) is 8.34. The van der Waals surface area contributed by atoms with Gasteiger partial charge in [-0.1, -0.05) is 6.07 Å². The number of rotatable bonds is 3. The summed E-state index contributed by atoms with van der Waals surface area (Å²) in [5.41, 5.74) is 6.19. The number of anilines is 1. The molecule has 0 atom stereocenters. The minimum absolute atomic E-state index is 0.0477. The third-order valence-electron chi connectivity index (χ3n) is 1.89. The highest BCUT2D eigenvalue weighted by Gasteiger charge is 2.09. The number of aromatic nitrogens is 4. The fourth-order valence-corrected chi connectivity index (χ4v) is 1.15. The van der Waals surface area contributed by atoms with Crippen LogP contribution in [0.15, 0.2) is 24.5 Å². The summed E-state index contributed by atoms with van der Waals surface area (Å²) in [7, 11) is 0. The number of hydrogen-bond acceptors (Lipinski definition) is 5. The summed E-state index contributed by atoms with van der Waals surface area (Å²) in [6.07, 6.45) is 3.34. The Balaban J connectivity index is 1.94. The van der Waals surface area contributed by atoms with E-state index in [0.717, 1.165) is 5.56 Å². The Labute approximate surface area is 91.1 Å². The number of nitrogens with two attached hydrogens (primary N) is 1. The number of H-pyrrole nitrogens is 1. The molecule has 2 aromatic rings. The van der Waals surface area contributed by atoms with E-state index >= 15 is 0 Å². The summed E-state index contributed by atoms with van der Waals surface area (Å²) in [5, 5.41) is 8.65. The summed E-state index contributed by atoms with van der Waals surface area (Å²) >= 11 is 0. The third-order valence-corrected chi connectivity index (χ3v) is 1.89. The molecule has 0 unspecified atom stereocenters. The van der Waals surface area contributed by atoms with Crippen molar-refractivity contribution in [3.05, 3.63) is 35.9 Å². The predicted molar refractivity (Wildman–Crippen MR) is 56.2 cm³/mol. The van der Waals surface area contributed by atoms with Crippen LogP contribution in [0, 0.1) is 0 Å². The molecular formula is C9H10N6O. The van der Waals surface area contributed by atoms with Crippen molar-refractivity contribution in [2.75, 3.05) is 5.73 Å². The topological polar surface area (TPSA) is 110 Å². The van der Waals surface area contributed by atoms with E-state index in [2.05, 4.69) is 25.5 Å². The summed E-state index contributed by atoms with van der Waals surface area (Å²) < 4.78 is 0. The van der Waals surface area contributed by atoms with Crippen molar-refractivity contribution in [2.45, 2.75) is 6.54 Å². The van der Waals surface area contributed by atoms with Crippen molar-refractivity contribution in [3.63, 3.8) is 0 Å². The van der Waals surface area contributed by atoms with E-state index in [4.69, 9.17) is 5.73 Å². The number of pyridine rings is 1. The van der Waals surface area contributed by atoms with Crippen LogP contribution in [0.5, 0.6) is 0 Å². The monoisotopic (exact) mass is 218 g/mol. The number of carbonyl (C=O) groups excluding carboxylic acids is 1. The van der Waals surface area contributed by atoms with Gasteiger partial charge in [-0.25, -0.2) is 0 Å². The zero-order valence-electron chi connectivity index (χ0n) is 8.34. The van der Waals surface area contributed by atoms with Crippen molar-refractivity contribution in [2.24, 2.45) is 0 Å². The first kappa shape index (κ1) is 10.1. The zero-order chi connectivity index (χ0) is 11.4. The van der Waals surface area contributed by atoms with Crippen LogP contribution in [0.3, 0.4) is 0 Å². The van der Waals surface area contributed by atoms with Gasteiger partial charge in [0.25, 0.3) is 5.91 Å². The number of nitrogens with zero attached hydrogens (tertiary/aromatic N) is 3. The molecule has 2 aromatic heterocycles. The van der Waals surface area contributed by atoms with Crippen LogP contribution >= 0.6 is 0 Å². The lowest BCUT2D eigenvalue weighted by atomic mass is 10.3. The molecule has 0 bridgehead atoms. The summed E-state index contributed by atoms with van der Waals surface area (Å²) in [4.78, 5) is 19.1. The lowest BCUT2D eigenvalue weighted by molar-refractivity contribution is 0.0941. The van der Waals surface area contributed by atoms with E-state index in [1.54, 1.807) is 18.5 Å². The highest BCUT2D eigenvalue weighted by molar-refractivity contribution is 5.90. The number of aromatic amines is 1. The van der Waals surface area contributed by atoms with Crippen LogP contribution in [0.25, 0.3) is 0 Å². The average Bonchev–Trinajstić information content (AvgIpc) is 2.74. The first-order chi connectivity index (χ1) is 7.75. The highest BCUT2D eigenvalue weighted by Crippen LogP contribution is 1.97. The van der Waals surface area contributed by atoms with Gasteiger partial charge in [-0.2, -0.15) is 4.98 Å². The molecule has 4 N–H and O–H groups in total. The summed E-state index contributed by atoms with van der Waals surface area (Å²) in [5.74, 6) is -0.207. The summed E-state index contributed by atoms with van der Waals surface area (Å²) in [6, 6.07) is 3.66. The van der Waals surface area contributed by atoms with E-state index in [-0.39, 0.29) is 17.7 Å². The van der Waals surface area contributed by atoms with Gasteiger partial charge in [-0.05, 0) is 11.6 Å². The van der Waals surface area contributed by atoms with Crippen LogP contribution in [-0.4, -0.2) is 26.1 Å². The SMILES string of the molecule is Nc1n[nH]c(C(=O)NCc2cccnc2)n1. The van der Waals surface area contributed by atoms with Crippen molar-refractivity contribution in [1.82, 2.24) is 25.5 Å². The van der Waals surface area contributed by atoms with Crippen LogP contribution in [0.4, 0.5) is 5.95 Å². The van der Waals surface area contributed by atoms with E-state index in [1.807, 2.05) is 6.07 Å². The molecule has 82 valence electrons. The maximum absolute atomic E-state index is 11.5. The molecule has 0 radical (unpaired) electrons. The van der Waals surface area contributed by atoms with E-state index in [9.17, 15) is 4.79 Å². The van der Waals surface area contributed by atoms with Gasteiger partial charge >= 0.3 is 0 Å². The molecule has 1 amide bonds. The highest BCUT2D eigenvalue weighted by atomic mass is 16.2. The Morgan fingerprint density at radius 1 is 1.56 bits per heavy atom. The summed E-state index contributed by atoms with van der Waals surface area (Å²) in [6.45, 7) is 0.382. The quantitative estimate of drug-likeness (QED) is 0.655. The van der Waals surface area contributed by atoms with Gasteiger partial charge in [-0.3, -0.25) is 14.9 Å². The Bertz CT molecular complexity index is 480. The van der Waals surface area contributed by atoms with Gasteiger partial charge in [0.15, 0.2) is 0 Å². The van der Waals surface area contributed by atoms with Gasteiger partial charge in [0.1, 0.15) is 0 Å². The molecule has 0 saturated carbocycles. The lowest BCUT2D eigenvalue weighted by Crippen LogP contribution is -2.24. The standard InChI is InChI=1S/C9H10N6O/c10-9-13-7(14-15-9)8(16)12-5-6-2-1-3-11-4-6/h1-4H,5H2,(H,12,16)(H3,10,13,14,15). The molecule has 0 aliphatic carbocycles. The molecule has 2 rings (SSSR count). The second-order valence-corrected chi connectivity index (χ2v) is 3.09. The average molecular weight is 218 g/mol. The molecule has 0 fully saturated rings. The van der Waals surface area contributed by atoms with Crippen LogP contribution in [0.2, 0.25) is 0 Å². The smallest absolute Gasteiger partial charge is 0.288 e. The van der Waals surface area contributed by atoms with Crippen molar-refractivity contribution in [1.29, 1.82) is 0 Å². The fraction of sp³-hybridized carbons (Fsp3) is 0.111. The van der Waals surface area contributed by atoms with Crippen LogP contribution in [0.1, 0.15) is 16.2 Å². The molecule has 0 aromatic carbocycles. The van der Waals surface area contributed by atoms with Gasteiger partial charge in [0, 0.05) is 18.9 Å². The van der Waals surface area contributed by atoms with Gasteiger partial charge in [-0.15, -0.1) is 5.10 Å². The molecule has 7 heteroatoms. The largest absolute Gasteiger partial charge is 0.366 e. The Kier molecular flexibility index (Phi) is 2.77. The number of amides is 1. The number of hydrogen-bond donors (Lipinski definition) is 3. The molecule has 2 heterocycles. The van der Waals surface area contributed by atoms with Crippen molar-refractivity contribution < 1.29 is 4.79 Å². The molecule has 16 heavy (non-hydrogen) atoms. The second kappa shape index (κ2) is 4.39. The number of nitrogen functional groups attached to an aromatic ring is 1. The van der Waals surface area contributed by atoms with Crippen molar-refractivity contribution >= 4 is 11.9 Å². The minimum atomic E-state index is -0.354. The van der Waals surface area contributed by atoms with E-state index < -0.39 is 0 Å². The number of carbonyl (C=O) groups is 1. The van der Waals surface area contributed by atoms with Crippen LogP contribution in [-0.2, 0) is 6.54 Å². The lowest BCUT2D eigenvalue weighted by Gasteiger charge is -2.01. The van der Waals surface area contributed by atoms with Crippen molar-refractivity contribution in [3.8, 4) is 0 Å². The van der Waals surface area contributed by atoms with Gasteiger partial charge in [0.2, 0.25) is 11.8 Å². The van der Waals surface area contributed by atoms with E-state index in [0.29, 0.717) is 6.54 Å². The first-order valence-electron chi connectivity index (χ1n) is 4.60. The third kappa shape index (κ3) is 2.32.